The van der Waals surface area contributed by atoms with Gasteiger partial charge in [0.25, 0.3) is 0 Å². The number of nitrogens with one attached hydrogen (secondary N) is 2. The summed E-state index contributed by atoms with van der Waals surface area (Å²) in [6, 6.07) is 29.3. The molecule has 1 aromatic heterocycles. The Balaban J connectivity index is 0.957. The van der Waals surface area contributed by atoms with Gasteiger partial charge in [-0.05, 0) is 87.4 Å². The number of aromatic amines is 1. The van der Waals surface area contributed by atoms with Gasteiger partial charge in [0.05, 0.1) is 42.5 Å². The van der Waals surface area contributed by atoms with Gasteiger partial charge < -0.3 is 35.3 Å². The van der Waals surface area contributed by atoms with Crippen LogP contribution in [0.25, 0.3) is 43.7 Å². The van der Waals surface area contributed by atoms with Crippen LogP contribution in [-0.4, -0.2) is 89.4 Å². The van der Waals surface area contributed by atoms with E-state index in [1.165, 1.54) is 12.7 Å². The van der Waals surface area contributed by atoms with Crippen molar-refractivity contribution < 1.29 is 23.9 Å². The van der Waals surface area contributed by atoms with Crippen LogP contribution in [0.2, 0.25) is 0 Å². The number of fused-ring (bicyclic) bond motifs is 6. The Morgan fingerprint density at radius 2 is 1.56 bits per heavy atom. The second-order valence-corrected chi connectivity index (χ2v) is 17.5. The third kappa shape index (κ3) is 7.52. The van der Waals surface area contributed by atoms with Crippen molar-refractivity contribution >= 4 is 61.9 Å². The normalized spacial score (nSPS) is 21.0. The molecule has 5 aromatic carbocycles. The summed E-state index contributed by atoms with van der Waals surface area (Å²) in [5.41, 5.74) is 14.5. The second kappa shape index (κ2) is 16.4. The Hall–Kier alpha value is -6.11. The number of likely N-dealkylation sites (tertiary alicyclic amines) is 2. The highest BCUT2D eigenvalue weighted by Gasteiger charge is 2.42. The van der Waals surface area contributed by atoms with Crippen molar-refractivity contribution in [2.75, 3.05) is 33.9 Å². The highest BCUT2D eigenvalue weighted by atomic mass is 16.5. The van der Waals surface area contributed by atoms with Crippen LogP contribution in [0.5, 0.6) is 0 Å². The summed E-state index contributed by atoms with van der Waals surface area (Å²) in [6.07, 6.45) is 1.61. The van der Waals surface area contributed by atoms with Gasteiger partial charge in [0.2, 0.25) is 11.8 Å². The van der Waals surface area contributed by atoms with Crippen molar-refractivity contribution in [2.45, 2.75) is 64.2 Å². The number of nitrogens with two attached hydrogens (primary N) is 1. The van der Waals surface area contributed by atoms with Crippen molar-refractivity contribution in [1.29, 1.82) is 0 Å². The summed E-state index contributed by atoms with van der Waals surface area (Å²) in [5.74, 6) is 0.896. The van der Waals surface area contributed by atoms with Crippen LogP contribution in [-0.2, 0) is 25.5 Å². The van der Waals surface area contributed by atoms with Gasteiger partial charge in [-0.15, -0.1) is 0 Å². The first kappa shape index (κ1) is 40.3. The molecule has 0 saturated carbocycles. The molecule has 0 bridgehead atoms. The smallest absolute Gasteiger partial charge is 0.407 e. The summed E-state index contributed by atoms with van der Waals surface area (Å²) in [7, 11) is 3.01. The number of benzene rings is 5. The highest BCUT2D eigenvalue weighted by molar-refractivity contribution is 6.07. The monoisotopic (exact) mass is 819 g/mol. The molecule has 3 amide bonds. The average Bonchev–Trinajstić information content (AvgIpc) is 4.09. The maximum Gasteiger partial charge on any atom is 0.407 e. The zero-order chi connectivity index (χ0) is 42.5. The molecule has 4 heterocycles. The van der Waals surface area contributed by atoms with Crippen LogP contribution in [0, 0.1) is 17.8 Å². The van der Waals surface area contributed by atoms with Crippen molar-refractivity contribution in [2.24, 2.45) is 28.5 Å². The standard InChI is InChI=1S/C49H53N7O5/c1-27(2)44(54-49(59)61-5)48(58)55-24-28(3)19-42(55)46-52-39-18-14-34-22-32(12-16-36(34)45(39)53-46)31-11-15-35-33(21-31)13-17-38-37(35)23-40(51-38)41-20-29(26-60-4)25-56(41)47(57)43(50)30-9-7-6-8-10-30/h6-18,21-22,27-29,41-44H,19-20,23-26,50H2,1-5H3,(H,52,53)(H,54,59)/t28-,29-,41-,42-,43+,44-/m0/s1. The van der Waals surface area contributed by atoms with E-state index in [1.54, 1.807) is 7.11 Å². The summed E-state index contributed by atoms with van der Waals surface area (Å²) in [6.45, 7) is 7.72. The number of aromatic nitrogens is 2. The van der Waals surface area contributed by atoms with Gasteiger partial charge in [-0.25, -0.2) is 9.78 Å². The molecule has 9 rings (SSSR count). The molecule has 2 saturated heterocycles. The molecule has 0 aliphatic carbocycles. The molecule has 4 N–H and O–H groups in total. The summed E-state index contributed by atoms with van der Waals surface area (Å²) < 4.78 is 10.4. The zero-order valence-corrected chi connectivity index (χ0v) is 35.4. The van der Waals surface area contributed by atoms with E-state index in [4.69, 9.17) is 25.2 Å². The van der Waals surface area contributed by atoms with Crippen molar-refractivity contribution in [3.63, 3.8) is 0 Å². The second-order valence-electron chi connectivity index (χ2n) is 17.5. The van der Waals surface area contributed by atoms with Crippen molar-refractivity contribution in [3.8, 4) is 11.1 Å². The predicted molar refractivity (Wildman–Crippen MR) is 239 cm³/mol. The summed E-state index contributed by atoms with van der Waals surface area (Å²) in [5, 5.41) is 7.13. The van der Waals surface area contributed by atoms with Crippen LogP contribution in [0.1, 0.15) is 62.6 Å². The molecule has 0 radical (unpaired) electrons. The van der Waals surface area contributed by atoms with Gasteiger partial charge in [-0.2, -0.15) is 0 Å². The number of hydrogen-bond donors (Lipinski definition) is 3. The molecule has 6 atom stereocenters. The average molecular weight is 820 g/mol. The summed E-state index contributed by atoms with van der Waals surface area (Å²) >= 11 is 0. The van der Waals surface area contributed by atoms with Gasteiger partial charge in [-0.1, -0.05) is 87.5 Å². The Labute approximate surface area is 355 Å². The fraction of sp³-hybridized carbons (Fsp3) is 0.367. The van der Waals surface area contributed by atoms with Crippen LogP contribution in [0.3, 0.4) is 0 Å². The highest BCUT2D eigenvalue weighted by Crippen LogP contribution is 2.41. The lowest BCUT2D eigenvalue weighted by atomic mass is 9.94. The first-order valence-electron chi connectivity index (χ1n) is 21.3. The molecule has 6 aromatic rings. The molecule has 12 heteroatoms. The lowest BCUT2D eigenvalue weighted by Crippen LogP contribution is -2.51. The quantitative estimate of drug-likeness (QED) is 0.127. The van der Waals surface area contributed by atoms with E-state index >= 15 is 0 Å². The number of carbonyl (C=O) groups is 3. The fourth-order valence-corrected chi connectivity index (χ4v) is 9.83. The Bertz CT molecular complexity index is 2690. The molecular formula is C49H53N7O5. The van der Waals surface area contributed by atoms with Crippen LogP contribution >= 0.6 is 0 Å². The Morgan fingerprint density at radius 1 is 0.852 bits per heavy atom. The SMILES string of the molecule is COC[C@H]1C[C@@H](C2=Nc3ccc4cc(-c5ccc6c(ccc7[nH]c([C@@H]8C[C@H](C)CN8C(=O)[C@@H](NC(=O)OC)C(C)C)nc76)c5)ccc4c3C2)N(C(=O)[C@H](N)c2ccccc2)C1. The topological polar surface area (TPSA) is 155 Å². The minimum Gasteiger partial charge on any atom is -0.453 e. The lowest BCUT2D eigenvalue weighted by molar-refractivity contribution is -0.135. The lowest BCUT2D eigenvalue weighted by Gasteiger charge is -2.30. The van der Waals surface area contributed by atoms with Gasteiger partial charge in [0.1, 0.15) is 17.9 Å². The van der Waals surface area contributed by atoms with Crippen molar-refractivity contribution in [3.05, 3.63) is 108 Å². The van der Waals surface area contributed by atoms with Crippen LogP contribution in [0.4, 0.5) is 10.5 Å². The molecule has 0 unspecified atom stereocenters. The number of methoxy groups -OCH3 is 2. The third-order valence-electron chi connectivity index (χ3n) is 12.9. The van der Waals surface area contributed by atoms with Crippen LogP contribution < -0.4 is 11.1 Å². The van der Waals surface area contributed by atoms with E-state index < -0.39 is 18.2 Å². The van der Waals surface area contributed by atoms with Gasteiger partial charge in [-0.3, -0.25) is 14.6 Å². The fourth-order valence-electron chi connectivity index (χ4n) is 9.83. The zero-order valence-electron chi connectivity index (χ0n) is 35.4. The number of alkyl carbamates (subject to hydrolysis) is 1. The molecule has 3 aliphatic heterocycles. The number of H-pyrrole nitrogens is 1. The number of carbonyl (C=O) groups excluding carboxylic acids is 3. The molecule has 12 nitrogen and oxygen atoms in total. The molecule has 0 spiro atoms. The van der Waals surface area contributed by atoms with E-state index in [0.29, 0.717) is 26.1 Å². The van der Waals surface area contributed by atoms with Crippen LogP contribution in [0.15, 0.2) is 96.0 Å². The number of nitrogens with zero attached hydrogens (tertiary/aromatic N) is 4. The van der Waals surface area contributed by atoms with E-state index in [1.807, 2.05) is 54.0 Å². The molecule has 3 aliphatic rings. The Morgan fingerprint density at radius 3 is 2.28 bits per heavy atom. The third-order valence-corrected chi connectivity index (χ3v) is 12.9. The molecule has 2 fully saturated rings. The van der Waals surface area contributed by atoms with E-state index in [-0.39, 0.29) is 41.7 Å². The number of hydrogen-bond acceptors (Lipinski definition) is 8. The van der Waals surface area contributed by atoms with Gasteiger partial charge in [0.15, 0.2) is 0 Å². The molecule has 61 heavy (non-hydrogen) atoms. The maximum atomic E-state index is 13.9. The maximum absolute atomic E-state index is 13.9. The van der Waals surface area contributed by atoms with E-state index in [0.717, 1.165) is 79.3 Å². The largest absolute Gasteiger partial charge is 0.453 e. The summed E-state index contributed by atoms with van der Waals surface area (Å²) in [4.78, 5) is 57.5. The first-order valence-corrected chi connectivity index (χ1v) is 21.3. The number of ether oxygens (including phenoxy) is 2. The number of amides is 3. The molecular weight excluding hydrogens is 767 g/mol. The van der Waals surface area contributed by atoms with E-state index in [2.05, 4.69) is 77.9 Å². The molecule has 314 valence electrons. The first-order chi connectivity index (χ1) is 29.5. The minimum absolute atomic E-state index is 0.0833. The number of rotatable bonds is 10. The van der Waals surface area contributed by atoms with Crippen molar-refractivity contribution in [1.82, 2.24) is 25.1 Å². The number of imidazole rings is 1. The number of aliphatic imine (C=N–C) groups is 1. The van der Waals surface area contributed by atoms with Gasteiger partial charge in [0, 0.05) is 43.6 Å². The van der Waals surface area contributed by atoms with E-state index in [9.17, 15) is 14.4 Å². The van der Waals surface area contributed by atoms with Gasteiger partial charge >= 0.3 is 6.09 Å². The Kier molecular flexibility index (Phi) is 10.8. The minimum atomic E-state index is -0.738. The predicted octanol–water partition coefficient (Wildman–Crippen LogP) is 8.02.